The first kappa shape index (κ1) is 12.4. The molecule has 3 aliphatic rings. The summed E-state index contributed by atoms with van der Waals surface area (Å²) in [6.07, 6.45) is 5.66. The molecule has 0 aromatic heterocycles. The fourth-order valence-corrected chi connectivity index (χ4v) is 3.24. The van der Waals surface area contributed by atoms with Gasteiger partial charge in [0.2, 0.25) is 5.91 Å². The molecule has 1 spiro atoms. The zero-order chi connectivity index (χ0) is 12.4. The average Bonchev–Trinajstić information content (AvgIpc) is 3.04. The van der Waals surface area contributed by atoms with Gasteiger partial charge in [0.25, 0.3) is 0 Å². The molecule has 2 aliphatic heterocycles. The highest BCUT2D eigenvalue weighted by molar-refractivity contribution is 5.78. The Morgan fingerprint density at radius 2 is 2.00 bits per heavy atom. The van der Waals surface area contributed by atoms with E-state index in [2.05, 4.69) is 10.2 Å². The van der Waals surface area contributed by atoms with Crippen LogP contribution >= 0.6 is 0 Å². The van der Waals surface area contributed by atoms with Gasteiger partial charge in [-0.1, -0.05) is 12.8 Å². The summed E-state index contributed by atoms with van der Waals surface area (Å²) in [7, 11) is 0. The van der Waals surface area contributed by atoms with E-state index in [-0.39, 0.29) is 5.91 Å². The first-order valence-electron chi connectivity index (χ1n) is 7.05. The molecule has 1 N–H and O–H groups in total. The minimum absolute atomic E-state index is 0.150. The monoisotopic (exact) mass is 254 g/mol. The summed E-state index contributed by atoms with van der Waals surface area (Å²) in [6, 6.07) is 0.410. The van der Waals surface area contributed by atoms with E-state index in [1.54, 1.807) is 0 Å². The van der Waals surface area contributed by atoms with Crippen LogP contribution in [0, 0.1) is 0 Å². The summed E-state index contributed by atoms with van der Waals surface area (Å²) in [5.74, 6) is -0.259. The zero-order valence-electron chi connectivity index (χ0n) is 10.8. The molecular weight excluding hydrogens is 232 g/mol. The molecule has 0 aromatic carbocycles. The number of rotatable bonds is 3. The van der Waals surface area contributed by atoms with E-state index >= 15 is 0 Å². The maximum Gasteiger partial charge on any atom is 0.234 e. The number of ether oxygens (including phenoxy) is 2. The molecule has 2 heterocycles. The van der Waals surface area contributed by atoms with E-state index in [1.165, 1.54) is 12.8 Å². The maximum absolute atomic E-state index is 11.9. The molecule has 0 bridgehead atoms. The Morgan fingerprint density at radius 1 is 1.28 bits per heavy atom. The highest BCUT2D eigenvalue weighted by atomic mass is 16.7. The summed E-state index contributed by atoms with van der Waals surface area (Å²) in [5, 5.41) is 3.12. The Balaban J connectivity index is 1.44. The van der Waals surface area contributed by atoms with Gasteiger partial charge in [-0.3, -0.25) is 9.69 Å². The first-order chi connectivity index (χ1) is 8.76. The molecule has 3 fully saturated rings. The van der Waals surface area contributed by atoms with Gasteiger partial charge in [0.05, 0.1) is 26.3 Å². The van der Waals surface area contributed by atoms with Crippen molar-refractivity contribution in [3.63, 3.8) is 0 Å². The molecule has 0 aromatic rings. The van der Waals surface area contributed by atoms with Gasteiger partial charge in [-0.15, -0.1) is 0 Å². The number of carbonyl (C=O) groups is 1. The van der Waals surface area contributed by atoms with Crippen molar-refractivity contribution >= 4 is 5.91 Å². The minimum Gasteiger partial charge on any atom is -0.352 e. The minimum atomic E-state index is -0.409. The van der Waals surface area contributed by atoms with E-state index in [1.807, 2.05) is 0 Å². The Labute approximate surface area is 108 Å². The van der Waals surface area contributed by atoms with Gasteiger partial charge in [0.15, 0.2) is 5.79 Å². The second-order valence-corrected chi connectivity index (χ2v) is 5.62. The van der Waals surface area contributed by atoms with E-state index in [9.17, 15) is 4.79 Å². The molecule has 18 heavy (non-hydrogen) atoms. The topological polar surface area (TPSA) is 50.8 Å². The SMILES string of the molecule is O=C(CN1CCC2(C1)OCCO2)NC1CCCC1. The highest BCUT2D eigenvalue weighted by Gasteiger charge is 2.43. The number of carbonyl (C=O) groups excluding carboxylic acids is 1. The molecule has 5 nitrogen and oxygen atoms in total. The van der Waals surface area contributed by atoms with Crippen molar-refractivity contribution in [2.24, 2.45) is 0 Å². The summed E-state index contributed by atoms with van der Waals surface area (Å²) in [4.78, 5) is 14.1. The lowest BCUT2D eigenvalue weighted by Crippen LogP contribution is -2.42. The fourth-order valence-electron chi connectivity index (χ4n) is 3.24. The Hall–Kier alpha value is -0.650. The number of amides is 1. The third-order valence-electron chi connectivity index (χ3n) is 4.17. The van der Waals surface area contributed by atoms with Crippen LogP contribution in [-0.4, -0.2) is 55.5 Å². The second kappa shape index (κ2) is 5.15. The van der Waals surface area contributed by atoms with Crippen LogP contribution in [0.5, 0.6) is 0 Å². The fraction of sp³-hybridized carbons (Fsp3) is 0.923. The lowest BCUT2D eigenvalue weighted by atomic mass is 10.2. The van der Waals surface area contributed by atoms with Gasteiger partial charge in [-0.2, -0.15) is 0 Å². The average molecular weight is 254 g/mol. The predicted molar refractivity (Wildman–Crippen MR) is 66.1 cm³/mol. The van der Waals surface area contributed by atoms with Crippen molar-refractivity contribution in [2.75, 3.05) is 32.8 Å². The molecular formula is C13H22N2O3. The van der Waals surface area contributed by atoms with Crippen LogP contribution in [0.4, 0.5) is 0 Å². The van der Waals surface area contributed by atoms with Crippen LogP contribution in [0.3, 0.4) is 0 Å². The molecule has 2 saturated heterocycles. The van der Waals surface area contributed by atoms with Gasteiger partial charge >= 0.3 is 0 Å². The highest BCUT2D eigenvalue weighted by Crippen LogP contribution is 2.30. The number of nitrogens with one attached hydrogen (secondary N) is 1. The third kappa shape index (κ3) is 2.68. The standard InChI is InChI=1S/C13H22N2O3/c16-12(14-11-3-1-2-4-11)9-15-6-5-13(10-15)17-7-8-18-13/h11H,1-10H2,(H,14,16). The molecule has 102 valence electrons. The van der Waals surface area contributed by atoms with Crippen molar-refractivity contribution in [2.45, 2.75) is 43.9 Å². The first-order valence-corrected chi connectivity index (χ1v) is 7.05. The lowest BCUT2D eigenvalue weighted by Gasteiger charge is -2.22. The van der Waals surface area contributed by atoms with E-state index in [4.69, 9.17) is 9.47 Å². The van der Waals surface area contributed by atoms with Crippen LogP contribution in [0.1, 0.15) is 32.1 Å². The summed E-state index contributed by atoms with van der Waals surface area (Å²) in [5.41, 5.74) is 0. The van der Waals surface area contributed by atoms with Crippen LogP contribution in [0.25, 0.3) is 0 Å². The molecule has 1 amide bonds. The van der Waals surface area contributed by atoms with E-state index in [0.29, 0.717) is 25.8 Å². The van der Waals surface area contributed by atoms with Crippen LogP contribution < -0.4 is 5.32 Å². The molecule has 5 heteroatoms. The smallest absolute Gasteiger partial charge is 0.234 e. The van der Waals surface area contributed by atoms with E-state index in [0.717, 1.165) is 32.4 Å². The van der Waals surface area contributed by atoms with Crippen LogP contribution in [0.15, 0.2) is 0 Å². The van der Waals surface area contributed by atoms with Crippen LogP contribution in [-0.2, 0) is 14.3 Å². The number of hydrogen-bond acceptors (Lipinski definition) is 4. The zero-order valence-corrected chi connectivity index (χ0v) is 10.8. The number of likely N-dealkylation sites (tertiary alicyclic amines) is 1. The predicted octanol–water partition coefficient (Wildman–Crippen LogP) is 0.494. The number of hydrogen-bond donors (Lipinski definition) is 1. The van der Waals surface area contributed by atoms with Gasteiger partial charge in [-0.05, 0) is 12.8 Å². The summed E-state index contributed by atoms with van der Waals surface area (Å²) < 4.78 is 11.3. The van der Waals surface area contributed by atoms with Crippen molar-refractivity contribution in [3.8, 4) is 0 Å². The molecule has 0 unspecified atom stereocenters. The Morgan fingerprint density at radius 3 is 2.72 bits per heavy atom. The molecule has 3 rings (SSSR count). The Bertz CT molecular complexity index is 309. The van der Waals surface area contributed by atoms with Crippen molar-refractivity contribution in [1.82, 2.24) is 10.2 Å². The van der Waals surface area contributed by atoms with Gasteiger partial charge < -0.3 is 14.8 Å². The molecule has 1 saturated carbocycles. The lowest BCUT2D eigenvalue weighted by molar-refractivity contribution is -0.146. The quantitative estimate of drug-likeness (QED) is 0.796. The van der Waals surface area contributed by atoms with Crippen molar-refractivity contribution in [1.29, 1.82) is 0 Å². The summed E-state index contributed by atoms with van der Waals surface area (Å²) in [6.45, 7) is 3.46. The summed E-state index contributed by atoms with van der Waals surface area (Å²) >= 11 is 0. The largest absolute Gasteiger partial charge is 0.352 e. The maximum atomic E-state index is 11.9. The molecule has 0 atom stereocenters. The van der Waals surface area contributed by atoms with E-state index < -0.39 is 5.79 Å². The normalized spacial score (nSPS) is 28.2. The number of nitrogens with zero attached hydrogens (tertiary/aromatic N) is 1. The Kier molecular flexibility index (Phi) is 3.54. The third-order valence-corrected chi connectivity index (χ3v) is 4.17. The van der Waals surface area contributed by atoms with Crippen LogP contribution in [0.2, 0.25) is 0 Å². The molecule has 0 radical (unpaired) electrons. The van der Waals surface area contributed by atoms with Crippen molar-refractivity contribution < 1.29 is 14.3 Å². The van der Waals surface area contributed by atoms with Gasteiger partial charge in [0, 0.05) is 19.0 Å². The van der Waals surface area contributed by atoms with Gasteiger partial charge in [-0.25, -0.2) is 0 Å². The second-order valence-electron chi connectivity index (χ2n) is 5.62. The molecule has 1 aliphatic carbocycles. The van der Waals surface area contributed by atoms with Gasteiger partial charge in [0.1, 0.15) is 0 Å². The van der Waals surface area contributed by atoms with Crippen molar-refractivity contribution in [3.05, 3.63) is 0 Å².